The van der Waals surface area contributed by atoms with Crippen molar-refractivity contribution < 1.29 is 14.6 Å². The summed E-state index contributed by atoms with van der Waals surface area (Å²) in [5.74, 6) is 1.98. The molecular formula is C17H20N4O3. The Kier molecular flexibility index (Phi) is 3.93. The van der Waals surface area contributed by atoms with Crippen LogP contribution in [0.1, 0.15) is 40.4 Å². The number of rotatable bonds is 2. The fraction of sp³-hybridized carbons (Fsp3) is 0.471. The van der Waals surface area contributed by atoms with Gasteiger partial charge in [-0.3, -0.25) is 4.79 Å². The zero-order chi connectivity index (χ0) is 16.5. The van der Waals surface area contributed by atoms with Crippen LogP contribution in [0.3, 0.4) is 0 Å². The minimum absolute atomic E-state index is 0.0289. The van der Waals surface area contributed by atoms with Crippen molar-refractivity contribution in [2.45, 2.75) is 39.0 Å². The number of amides is 1. The molecule has 0 bridgehead atoms. The van der Waals surface area contributed by atoms with E-state index in [1.807, 2.05) is 22.8 Å². The molecule has 1 amide bonds. The predicted octanol–water partition coefficient (Wildman–Crippen LogP) is 1.14. The van der Waals surface area contributed by atoms with Gasteiger partial charge in [-0.25, -0.2) is 0 Å². The van der Waals surface area contributed by atoms with Crippen LogP contribution in [-0.2, 0) is 26.1 Å². The van der Waals surface area contributed by atoms with E-state index in [0.29, 0.717) is 25.5 Å². The lowest BCUT2D eigenvalue weighted by Crippen LogP contribution is -2.34. The Morgan fingerprint density at radius 3 is 3.04 bits per heavy atom. The highest BCUT2D eigenvalue weighted by Gasteiger charge is 2.27. The smallest absolute Gasteiger partial charge is 0.292 e. The SMILES string of the molecule is O=C(c1nnc2n1CCCC2)N1CCOc2ccc(CO)cc2C1. The first kappa shape index (κ1) is 15.1. The van der Waals surface area contributed by atoms with Crippen molar-refractivity contribution in [3.63, 3.8) is 0 Å². The van der Waals surface area contributed by atoms with Crippen LogP contribution in [0, 0.1) is 0 Å². The third kappa shape index (κ3) is 2.65. The molecule has 2 aromatic rings. The molecule has 3 heterocycles. The summed E-state index contributed by atoms with van der Waals surface area (Å²) < 4.78 is 7.69. The Morgan fingerprint density at radius 1 is 1.25 bits per heavy atom. The van der Waals surface area contributed by atoms with Crippen molar-refractivity contribution in [3.05, 3.63) is 41.0 Å². The summed E-state index contributed by atoms with van der Waals surface area (Å²) in [7, 11) is 0. The van der Waals surface area contributed by atoms with Crippen molar-refractivity contribution in [1.82, 2.24) is 19.7 Å². The van der Waals surface area contributed by atoms with Crippen molar-refractivity contribution in [2.75, 3.05) is 13.2 Å². The van der Waals surface area contributed by atoms with Crippen LogP contribution in [0.5, 0.6) is 5.75 Å². The summed E-state index contributed by atoms with van der Waals surface area (Å²) in [6.07, 6.45) is 3.03. The Bertz CT molecular complexity index is 771. The zero-order valence-corrected chi connectivity index (χ0v) is 13.4. The van der Waals surface area contributed by atoms with E-state index in [4.69, 9.17) is 4.74 Å². The minimum Gasteiger partial charge on any atom is -0.491 e. The normalized spacial score (nSPS) is 16.8. The number of aromatic nitrogens is 3. The second-order valence-corrected chi connectivity index (χ2v) is 6.22. The van der Waals surface area contributed by atoms with Crippen LogP contribution >= 0.6 is 0 Å². The van der Waals surface area contributed by atoms with Crippen molar-refractivity contribution in [1.29, 1.82) is 0 Å². The predicted molar refractivity (Wildman–Crippen MR) is 85.6 cm³/mol. The summed E-state index contributed by atoms with van der Waals surface area (Å²) in [6.45, 7) is 2.17. The second kappa shape index (κ2) is 6.24. The standard InChI is InChI=1S/C17H20N4O3/c22-11-12-4-5-14-13(9-12)10-20(7-8-24-14)17(23)16-19-18-15-3-1-2-6-21(15)16/h4-5,9,22H,1-3,6-8,10-11H2. The van der Waals surface area contributed by atoms with E-state index in [1.165, 1.54) is 0 Å². The number of carbonyl (C=O) groups excluding carboxylic acids is 1. The molecule has 0 aliphatic carbocycles. The van der Waals surface area contributed by atoms with Gasteiger partial charge in [0.15, 0.2) is 0 Å². The molecule has 7 heteroatoms. The van der Waals surface area contributed by atoms with Gasteiger partial charge in [-0.15, -0.1) is 10.2 Å². The maximum Gasteiger partial charge on any atom is 0.292 e. The number of fused-ring (bicyclic) bond motifs is 2. The molecular weight excluding hydrogens is 308 g/mol. The lowest BCUT2D eigenvalue weighted by atomic mass is 10.1. The van der Waals surface area contributed by atoms with Crippen molar-refractivity contribution in [3.8, 4) is 5.75 Å². The quantitative estimate of drug-likeness (QED) is 0.894. The highest BCUT2D eigenvalue weighted by Crippen LogP contribution is 2.25. The number of hydrogen-bond acceptors (Lipinski definition) is 5. The van der Waals surface area contributed by atoms with E-state index in [1.54, 1.807) is 4.90 Å². The Hall–Kier alpha value is -2.41. The molecule has 0 fully saturated rings. The van der Waals surface area contributed by atoms with Gasteiger partial charge < -0.3 is 19.3 Å². The number of nitrogens with zero attached hydrogens (tertiary/aromatic N) is 4. The van der Waals surface area contributed by atoms with Gasteiger partial charge >= 0.3 is 0 Å². The first-order chi connectivity index (χ1) is 11.8. The van der Waals surface area contributed by atoms with E-state index >= 15 is 0 Å². The third-order valence-corrected chi connectivity index (χ3v) is 4.63. The topological polar surface area (TPSA) is 80.5 Å². The molecule has 0 saturated carbocycles. The first-order valence-corrected chi connectivity index (χ1v) is 8.33. The fourth-order valence-electron chi connectivity index (χ4n) is 3.33. The van der Waals surface area contributed by atoms with Gasteiger partial charge in [-0.2, -0.15) is 0 Å². The lowest BCUT2D eigenvalue weighted by molar-refractivity contribution is 0.0714. The largest absolute Gasteiger partial charge is 0.491 e. The monoisotopic (exact) mass is 328 g/mol. The van der Waals surface area contributed by atoms with Crippen LogP contribution in [0.4, 0.5) is 0 Å². The van der Waals surface area contributed by atoms with Crippen LogP contribution in [-0.4, -0.2) is 43.8 Å². The number of hydrogen-bond donors (Lipinski definition) is 1. The molecule has 0 unspecified atom stereocenters. The van der Waals surface area contributed by atoms with Crippen molar-refractivity contribution in [2.24, 2.45) is 0 Å². The van der Waals surface area contributed by atoms with E-state index in [2.05, 4.69) is 10.2 Å². The summed E-state index contributed by atoms with van der Waals surface area (Å²) >= 11 is 0. The van der Waals surface area contributed by atoms with E-state index in [-0.39, 0.29) is 12.5 Å². The lowest BCUT2D eigenvalue weighted by Gasteiger charge is -2.21. The molecule has 7 nitrogen and oxygen atoms in total. The molecule has 126 valence electrons. The van der Waals surface area contributed by atoms with Gasteiger partial charge in [-0.1, -0.05) is 6.07 Å². The summed E-state index contributed by atoms with van der Waals surface area (Å²) in [5.41, 5.74) is 1.72. The third-order valence-electron chi connectivity index (χ3n) is 4.63. The molecule has 1 aromatic carbocycles. The molecule has 2 aliphatic heterocycles. The number of benzene rings is 1. The summed E-state index contributed by atoms with van der Waals surface area (Å²) in [6, 6.07) is 5.58. The van der Waals surface area contributed by atoms with Crippen LogP contribution in [0.2, 0.25) is 0 Å². The van der Waals surface area contributed by atoms with Gasteiger partial charge in [0.05, 0.1) is 13.2 Å². The van der Waals surface area contributed by atoms with Gasteiger partial charge in [-0.05, 0) is 30.5 Å². The number of ether oxygens (including phenoxy) is 1. The molecule has 1 N–H and O–H groups in total. The Balaban J connectivity index is 1.61. The molecule has 2 aliphatic rings. The van der Waals surface area contributed by atoms with E-state index < -0.39 is 0 Å². The molecule has 24 heavy (non-hydrogen) atoms. The van der Waals surface area contributed by atoms with Gasteiger partial charge in [0, 0.05) is 25.1 Å². The molecule has 0 radical (unpaired) electrons. The number of carbonyl (C=O) groups is 1. The molecule has 1 aromatic heterocycles. The second-order valence-electron chi connectivity index (χ2n) is 6.22. The Morgan fingerprint density at radius 2 is 2.17 bits per heavy atom. The summed E-state index contributed by atoms with van der Waals surface area (Å²) in [4.78, 5) is 14.7. The first-order valence-electron chi connectivity index (χ1n) is 8.33. The number of aryl methyl sites for hydroxylation is 1. The minimum atomic E-state index is -0.110. The highest BCUT2D eigenvalue weighted by atomic mass is 16.5. The molecule has 0 atom stereocenters. The number of aliphatic hydroxyl groups is 1. The van der Waals surface area contributed by atoms with Gasteiger partial charge in [0.2, 0.25) is 5.82 Å². The molecule has 4 rings (SSSR count). The number of aliphatic hydroxyl groups excluding tert-OH is 1. The van der Waals surface area contributed by atoms with E-state index in [9.17, 15) is 9.90 Å². The van der Waals surface area contributed by atoms with Gasteiger partial charge in [0.1, 0.15) is 18.2 Å². The summed E-state index contributed by atoms with van der Waals surface area (Å²) in [5, 5.41) is 17.6. The molecule has 0 spiro atoms. The van der Waals surface area contributed by atoms with Crippen molar-refractivity contribution >= 4 is 5.91 Å². The van der Waals surface area contributed by atoms with E-state index in [0.717, 1.165) is 48.5 Å². The van der Waals surface area contributed by atoms with Crippen LogP contribution in [0.15, 0.2) is 18.2 Å². The maximum absolute atomic E-state index is 12.9. The van der Waals surface area contributed by atoms with Crippen LogP contribution in [0.25, 0.3) is 0 Å². The average molecular weight is 328 g/mol. The molecule has 0 saturated heterocycles. The highest BCUT2D eigenvalue weighted by molar-refractivity contribution is 5.90. The zero-order valence-electron chi connectivity index (χ0n) is 13.4. The average Bonchev–Trinajstić information content (AvgIpc) is 2.93. The maximum atomic E-state index is 12.9. The van der Waals surface area contributed by atoms with Gasteiger partial charge in [0.25, 0.3) is 5.91 Å². The fourth-order valence-corrected chi connectivity index (χ4v) is 3.33. The van der Waals surface area contributed by atoms with Crippen LogP contribution < -0.4 is 4.74 Å². The Labute approximate surface area is 139 Å².